The molecule has 0 amide bonds. The Bertz CT molecular complexity index is 488. The molecule has 1 rings (SSSR count). The van der Waals surface area contributed by atoms with Gasteiger partial charge in [0.15, 0.2) is 0 Å². The third-order valence-corrected chi connectivity index (χ3v) is 2.54. The first kappa shape index (κ1) is 17.3. The first-order chi connectivity index (χ1) is 9.41. The molecule has 0 fully saturated rings. The molecule has 0 radical (unpaired) electrons. The van der Waals surface area contributed by atoms with Gasteiger partial charge < -0.3 is 9.84 Å². The predicted octanol–water partition coefficient (Wildman–Crippen LogP) is 3.89. The molecule has 9 heteroatoms. The lowest BCUT2D eigenvalue weighted by molar-refractivity contribution is -0.146. The Morgan fingerprint density at radius 2 is 1.52 bits per heavy atom. The maximum atomic E-state index is 12.6. The van der Waals surface area contributed by atoms with Crippen molar-refractivity contribution in [3.63, 3.8) is 0 Å². The number of aliphatic carboxylic acids is 1. The fourth-order valence-corrected chi connectivity index (χ4v) is 1.51. The molecule has 0 saturated carbocycles. The average Bonchev–Trinajstić information content (AvgIpc) is 2.33. The summed E-state index contributed by atoms with van der Waals surface area (Å²) in [6.07, 6.45) is -11.1. The summed E-state index contributed by atoms with van der Waals surface area (Å²) in [6, 6.07) is 0.997. The summed E-state index contributed by atoms with van der Waals surface area (Å²) in [5, 5.41) is 8.39. The van der Waals surface area contributed by atoms with Crippen molar-refractivity contribution < 1.29 is 41.0 Å². The highest BCUT2D eigenvalue weighted by molar-refractivity contribution is 5.68. The van der Waals surface area contributed by atoms with E-state index in [4.69, 9.17) is 9.84 Å². The molecule has 1 atom stereocenters. The lowest BCUT2D eigenvalue weighted by Gasteiger charge is -2.17. The van der Waals surface area contributed by atoms with Crippen molar-refractivity contribution >= 4 is 5.97 Å². The van der Waals surface area contributed by atoms with Gasteiger partial charge in [0.1, 0.15) is 6.61 Å². The van der Waals surface area contributed by atoms with E-state index in [-0.39, 0.29) is 6.07 Å². The number of hydrogen-bond donors (Lipinski definition) is 1. The molecule has 0 aromatic heterocycles. The molecule has 0 heterocycles. The maximum absolute atomic E-state index is 12.6. The van der Waals surface area contributed by atoms with Crippen LogP contribution >= 0.6 is 0 Å². The second-order valence-corrected chi connectivity index (χ2v) is 4.19. The third-order valence-electron chi connectivity index (χ3n) is 2.54. The fourth-order valence-electron chi connectivity index (χ4n) is 1.51. The molecule has 0 spiro atoms. The minimum Gasteiger partial charge on any atom is -0.480 e. The van der Waals surface area contributed by atoms with Crippen LogP contribution in [0.4, 0.5) is 26.3 Å². The number of carboxylic acid groups (broad SMARTS) is 1. The predicted molar refractivity (Wildman–Crippen MR) is 58.4 cm³/mol. The van der Waals surface area contributed by atoms with Gasteiger partial charge in [-0.2, -0.15) is 26.3 Å². The summed E-state index contributed by atoms with van der Waals surface area (Å²) < 4.78 is 80.4. The summed E-state index contributed by atoms with van der Waals surface area (Å²) in [6.45, 7) is 0.331. The topological polar surface area (TPSA) is 46.5 Å². The fraction of sp³-hybridized carbons (Fsp3) is 0.417. The third kappa shape index (κ3) is 4.92. The van der Waals surface area contributed by atoms with Crippen molar-refractivity contribution in [2.24, 2.45) is 0 Å². The number of hydrogen-bond acceptors (Lipinski definition) is 2. The second kappa shape index (κ2) is 5.92. The van der Waals surface area contributed by atoms with Crippen LogP contribution in [0.3, 0.4) is 0 Å². The van der Waals surface area contributed by atoms with Crippen LogP contribution in [-0.2, 0) is 21.9 Å². The molecule has 0 bridgehead atoms. The van der Waals surface area contributed by atoms with Crippen molar-refractivity contribution in [1.82, 2.24) is 0 Å². The highest BCUT2D eigenvalue weighted by Gasteiger charge is 2.37. The molecule has 0 aliphatic heterocycles. The van der Waals surface area contributed by atoms with Gasteiger partial charge in [-0.15, -0.1) is 0 Å². The number of rotatable bonds is 4. The molecule has 1 aromatic carbocycles. The minimum absolute atomic E-state index is 0.00653. The van der Waals surface area contributed by atoms with E-state index < -0.39 is 47.7 Å². The average molecular weight is 316 g/mol. The summed E-state index contributed by atoms with van der Waals surface area (Å²) in [5.41, 5.74) is -3.35. The highest BCUT2D eigenvalue weighted by Crippen LogP contribution is 2.37. The van der Waals surface area contributed by atoms with E-state index in [1.165, 1.54) is 6.92 Å². The van der Waals surface area contributed by atoms with E-state index in [2.05, 4.69) is 0 Å². The zero-order valence-electron chi connectivity index (χ0n) is 10.5. The Morgan fingerprint density at radius 3 is 1.86 bits per heavy atom. The first-order valence-corrected chi connectivity index (χ1v) is 5.54. The summed E-state index contributed by atoms with van der Waals surface area (Å²) in [7, 11) is 0. The zero-order chi connectivity index (χ0) is 16.4. The smallest absolute Gasteiger partial charge is 0.416 e. The minimum atomic E-state index is -4.96. The van der Waals surface area contributed by atoms with E-state index in [9.17, 15) is 31.1 Å². The molecular formula is C12H10F6O3. The van der Waals surface area contributed by atoms with Crippen molar-refractivity contribution in [2.75, 3.05) is 6.61 Å². The van der Waals surface area contributed by atoms with Crippen molar-refractivity contribution in [1.29, 1.82) is 0 Å². The summed E-state index contributed by atoms with van der Waals surface area (Å²) in [5.74, 6) is -1.38. The normalized spacial score (nSPS) is 14.0. The Hall–Kier alpha value is -1.77. The van der Waals surface area contributed by atoms with Gasteiger partial charge in [-0.05, 0) is 30.7 Å². The number of benzene rings is 1. The van der Waals surface area contributed by atoms with E-state index in [0.29, 0.717) is 12.1 Å². The molecule has 1 aromatic rings. The Kier molecular flexibility index (Phi) is 4.87. The Morgan fingerprint density at radius 1 is 1.10 bits per heavy atom. The maximum Gasteiger partial charge on any atom is 0.416 e. The van der Waals surface area contributed by atoms with Crippen molar-refractivity contribution in [2.45, 2.75) is 25.4 Å². The van der Waals surface area contributed by atoms with Crippen molar-refractivity contribution in [3.05, 3.63) is 34.9 Å². The quantitative estimate of drug-likeness (QED) is 0.857. The SMILES string of the molecule is C[C@@H](OCC(=O)O)c1cc(C(F)(F)F)cc(C(F)(F)F)c1. The van der Waals surface area contributed by atoms with Gasteiger partial charge in [0.05, 0.1) is 17.2 Å². The monoisotopic (exact) mass is 316 g/mol. The van der Waals surface area contributed by atoms with Crippen LogP contribution in [0, 0.1) is 0 Å². The molecule has 0 unspecified atom stereocenters. The van der Waals surface area contributed by atoms with Crippen LogP contribution in [0.15, 0.2) is 18.2 Å². The highest BCUT2D eigenvalue weighted by atomic mass is 19.4. The van der Waals surface area contributed by atoms with Crippen LogP contribution in [-0.4, -0.2) is 17.7 Å². The summed E-state index contributed by atoms with van der Waals surface area (Å²) in [4.78, 5) is 10.3. The lowest BCUT2D eigenvalue weighted by atomic mass is 10.0. The van der Waals surface area contributed by atoms with Crippen LogP contribution in [0.2, 0.25) is 0 Å². The van der Waals surface area contributed by atoms with E-state index in [0.717, 1.165) is 0 Å². The van der Waals surface area contributed by atoms with Gasteiger partial charge in [-0.25, -0.2) is 4.79 Å². The number of ether oxygens (including phenoxy) is 1. The Labute approximate surface area is 115 Å². The first-order valence-electron chi connectivity index (χ1n) is 5.54. The number of carbonyl (C=O) groups is 1. The molecule has 21 heavy (non-hydrogen) atoms. The number of alkyl halides is 6. The Balaban J connectivity index is 3.22. The second-order valence-electron chi connectivity index (χ2n) is 4.19. The van der Waals surface area contributed by atoms with Crippen LogP contribution in [0.5, 0.6) is 0 Å². The van der Waals surface area contributed by atoms with Crippen LogP contribution in [0.25, 0.3) is 0 Å². The van der Waals surface area contributed by atoms with Crippen LogP contribution < -0.4 is 0 Å². The largest absolute Gasteiger partial charge is 0.480 e. The lowest BCUT2D eigenvalue weighted by Crippen LogP contribution is -2.14. The van der Waals surface area contributed by atoms with E-state index >= 15 is 0 Å². The number of halogens is 6. The zero-order valence-corrected chi connectivity index (χ0v) is 10.5. The van der Waals surface area contributed by atoms with Gasteiger partial charge in [0, 0.05) is 0 Å². The van der Waals surface area contributed by atoms with Gasteiger partial charge in [0.2, 0.25) is 0 Å². The number of carboxylic acids is 1. The van der Waals surface area contributed by atoms with Crippen LogP contribution in [0.1, 0.15) is 29.7 Å². The van der Waals surface area contributed by atoms with E-state index in [1.807, 2.05) is 0 Å². The standard InChI is InChI=1S/C12H10F6O3/c1-6(21-5-10(19)20)7-2-8(11(13,14)15)4-9(3-7)12(16,17)18/h2-4,6H,5H2,1H3,(H,19,20)/t6-/m1/s1. The molecule has 0 aliphatic rings. The molecular weight excluding hydrogens is 306 g/mol. The molecule has 0 saturated heterocycles. The van der Waals surface area contributed by atoms with Gasteiger partial charge in [-0.3, -0.25) is 0 Å². The molecule has 0 aliphatic carbocycles. The van der Waals surface area contributed by atoms with Crippen molar-refractivity contribution in [3.8, 4) is 0 Å². The van der Waals surface area contributed by atoms with Gasteiger partial charge in [0.25, 0.3) is 0 Å². The molecule has 3 nitrogen and oxygen atoms in total. The van der Waals surface area contributed by atoms with Gasteiger partial charge >= 0.3 is 18.3 Å². The molecule has 1 N–H and O–H groups in total. The van der Waals surface area contributed by atoms with Gasteiger partial charge in [-0.1, -0.05) is 0 Å². The summed E-state index contributed by atoms with van der Waals surface area (Å²) >= 11 is 0. The van der Waals surface area contributed by atoms with E-state index in [1.54, 1.807) is 0 Å². The molecule has 118 valence electrons.